The number of nitrogens with one attached hydrogen (secondary N) is 1. The second kappa shape index (κ2) is 7.76. The zero-order valence-corrected chi connectivity index (χ0v) is 16.4. The molecule has 1 aromatic carbocycles. The number of aryl methyl sites for hydroxylation is 1. The van der Waals surface area contributed by atoms with Crippen LogP contribution in [0.2, 0.25) is 10.0 Å². The SMILES string of the molecule is Cc1ccc(-n2ncc(NC(C)CCS(C)(=O)=O)c(Cl)c2=O)cc1Cl. The molecule has 2 rings (SSSR count). The van der Waals surface area contributed by atoms with Gasteiger partial charge in [-0.1, -0.05) is 29.3 Å². The van der Waals surface area contributed by atoms with Gasteiger partial charge in [0.05, 0.1) is 23.3 Å². The summed E-state index contributed by atoms with van der Waals surface area (Å²) in [6.45, 7) is 3.67. The molecule has 136 valence electrons. The Kier molecular flexibility index (Phi) is 6.13. The van der Waals surface area contributed by atoms with Crippen molar-refractivity contribution in [2.24, 2.45) is 0 Å². The van der Waals surface area contributed by atoms with E-state index in [1.54, 1.807) is 18.2 Å². The molecule has 25 heavy (non-hydrogen) atoms. The molecule has 1 atom stereocenters. The van der Waals surface area contributed by atoms with Crippen molar-refractivity contribution in [3.63, 3.8) is 0 Å². The molecule has 0 spiro atoms. The number of sulfone groups is 1. The van der Waals surface area contributed by atoms with Gasteiger partial charge in [-0.15, -0.1) is 0 Å². The smallest absolute Gasteiger partial charge is 0.292 e. The molecule has 1 heterocycles. The minimum atomic E-state index is -3.05. The van der Waals surface area contributed by atoms with Crippen LogP contribution in [0.3, 0.4) is 0 Å². The van der Waals surface area contributed by atoms with Crippen LogP contribution in [0.15, 0.2) is 29.2 Å². The minimum absolute atomic E-state index is 0.0158. The Hall–Kier alpha value is -1.57. The Morgan fingerprint density at radius 1 is 1.32 bits per heavy atom. The molecule has 0 bridgehead atoms. The number of benzene rings is 1. The third kappa shape index (κ3) is 5.20. The predicted octanol–water partition coefficient (Wildman–Crippen LogP) is 3.08. The number of hydrogen-bond acceptors (Lipinski definition) is 5. The van der Waals surface area contributed by atoms with Gasteiger partial charge in [0.15, 0.2) is 0 Å². The van der Waals surface area contributed by atoms with Crippen LogP contribution >= 0.6 is 23.2 Å². The molecule has 0 aliphatic rings. The van der Waals surface area contributed by atoms with Crippen LogP contribution in [0.25, 0.3) is 5.69 Å². The van der Waals surface area contributed by atoms with Gasteiger partial charge < -0.3 is 5.32 Å². The van der Waals surface area contributed by atoms with Crippen molar-refractivity contribution in [2.75, 3.05) is 17.3 Å². The molecule has 2 aromatic rings. The highest BCUT2D eigenvalue weighted by molar-refractivity contribution is 7.90. The molecule has 1 unspecified atom stereocenters. The number of rotatable bonds is 6. The Bertz CT molecular complexity index is 942. The predicted molar refractivity (Wildman–Crippen MR) is 102 cm³/mol. The largest absolute Gasteiger partial charge is 0.380 e. The zero-order chi connectivity index (χ0) is 18.8. The maximum Gasteiger partial charge on any atom is 0.292 e. The lowest BCUT2D eigenvalue weighted by molar-refractivity contribution is 0.595. The molecular formula is C16H19Cl2N3O3S. The quantitative estimate of drug-likeness (QED) is 0.800. The van der Waals surface area contributed by atoms with E-state index in [2.05, 4.69) is 10.4 Å². The molecule has 1 N–H and O–H groups in total. The fraction of sp³-hybridized carbons (Fsp3) is 0.375. The van der Waals surface area contributed by atoms with Crippen molar-refractivity contribution in [3.8, 4) is 5.69 Å². The molecule has 0 saturated carbocycles. The highest BCUT2D eigenvalue weighted by Gasteiger charge is 2.14. The molecule has 9 heteroatoms. The Balaban J connectivity index is 2.25. The van der Waals surface area contributed by atoms with Gasteiger partial charge in [-0.2, -0.15) is 9.78 Å². The summed E-state index contributed by atoms with van der Waals surface area (Å²) in [4.78, 5) is 12.5. The van der Waals surface area contributed by atoms with Crippen molar-refractivity contribution in [1.29, 1.82) is 0 Å². The maximum absolute atomic E-state index is 12.5. The van der Waals surface area contributed by atoms with E-state index in [-0.39, 0.29) is 16.8 Å². The Morgan fingerprint density at radius 3 is 2.60 bits per heavy atom. The van der Waals surface area contributed by atoms with Crippen molar-refractivity contribution in [2.45, 2.75) is 26.3 Å². The standard InChI is InChI=1S/C16H19Cl2N3O3S/c1-10-4-5-12(8-13(10)17)21-16(22)15(18)14(9-19-21)20-11(2)6-7-25(3,23)24/h4-5,8-9,11,20H,6-7H2,1-3H3. The third-order valence-corrected chi connectivity index (χ3v) is 5.39. The van der Waals surface area contributed by atoms with E-state index in [4.69, 9.17) is 23.2 Å². The van der Waals surface area contributed by atoms with Crippen LogP contribution in [-0.2, 0) is 9.84 Å². The fourth-order valence-electron chi connectivity index (χ4n) is 2.16. The third-order valence-electron chi connectivity index (χ3n) is 3.64. The summed E-state index contributed by atoms with van der Waals surface area (Å²) in [5, 5.41) is 7.66. The first kappa shape index (κ1) is 19.8. The summed E-state index contributed by atoms with van der Waals surface area (Å²) >= 11 is 12.3. The maximum atomic E-state index is 12.5. The summed E-state index contributed by atoms with van der Waals surface area (Å²) in [5.41, 5.74) is 1.28. The average molecular weight is 404 g/mol. The first-order valence-corrected chi connectivity index (χ1v) is 10.4. The normalized spacial score (nSPS) is 12.8. The molecule has 0 aliphatic heterocycles. The lowest BCUT2D eigenvalue weighted by Gasteiger charge is -2.16. The molecular weight excluding hydrogens is 385 g/mol. The summed E-state index contributed by atoms with van der Waals surface area (Å²) in [7, 11) is -3.05. The summed E-state index contributed by atoms with van der Waals surface area (Å²) in [5.74, 6) is 0.0468. The van der Waals surface area contributed by atoms with Crippen molar-refractivity contribution >= 4 is 38.7 Å². The summed E-state index contributed by atoms with van der Waals surface area (Å²) in [6.07, 6.45) is 3.02. The highest BCUT2D eigenvalue weighted by atomic mass is 35.5. The van der Waals surface area contributed by atoms with E-state index in [1.807, 2.05) is 13.8 Å². The first-order chi connectivity index (χ1) is 11.6. The van der Waals surface area contributed by atoms with Gasteiger partial charge in [0.25, 0.3) is 5.56 Å². The molecule has 0 fully saturated rings. The van der Waals surface area contributed by atoms with Crippen molar-refractivity contribution in [1.82, 2.24) is 9.78 Å². The van der Waals surface area contributed by atoms with Crippen LogP contribution in [-0.4, -0.2) is 36.2 Å². The van der Waals surface area contributed by atoms with Crippen LogP contribution in [0, 0.1) is 6.92 Å². The molecule has 0 saturated heterocycles. The highest BCUT2D eigenvalue weighted by Crippen LogP contribution is 2.21. The Labute approximate surface area is 156 Å². The monoisotopic (exact) mass is 403 g/mol. The van der Waals surface area contributed by atoms with Crippen molar-refractivity contribution < 1.29 is 8.42 Å². The number of aromatic nitrogens is 2. The average Bonchev–Trinajstić information content (AvgIpc) is 2.52. The summed E-state index contributed by atoms with van der Waals surface area (Å²) < 4.78 is 23.6. The van der Waals surface area contributed by atoms with Crippen LogP contribution in [0.4, 0.5) is 5.69 Å². The van der Waals surface area contributed by atoms with Gasteiger partial charge in [-0.3, -0.25) is 4.79 Å². The van der Waals surface area contributed by atoms with E-state index < -0.39 is 15.4 Å². The van der Waals surface area contributed by atoms with Gasteiger partial charge in [0, 0.05) is 17.3 Å². The van der Waals surface area contributed by atoms with Crippen LogP contribution < -0.4 is 10.9 Å². The van der Waals surface area contributed by atoms with E-state index in [0.717, 1.165) is 5.56 Å². The first-order valence-electron chi connectivity index (χ1n) is 7.57. The number of halogens is 2. The van der Waals surface area contributed by atoms with Crippen molar-refractivity contribution in [3.05, 3.63) is 50.4 Å². The minimum Gasteiger partial charge on any atom is -0.380 e. The topological polar surface area (TPSA) is 81.1 Å². The Morgan fingerprint density at radius 2 is 2.00 bits per heavy atom. The second-order valence-corrected chi connectivity index (χ2v) is 9.03. The lowest BCUT2D eigenvalue weighted by atomic mass is 10.2. The molecule has 6 nitrogen and oxygen atoms in total. The second-order valence-electron chi connectivity index (χ2n) is 5.99. The molecule has 0 aliphatic carbocycles. The van der Waals surface area contributed by atoms with Crippen LogP contribution in [0.5, 0.6) is 0 Å². The van der Waals surface area contributed by atoms with E-state index >= 15 is 0 Å². The van der Waals surface area contributed by atoms with E-state index in [1.165, 1.54) is 17.1 Å². The van der Waals surface area contributed by atoms with Gasteiger partial charge >= 0.3 is 0 Å². The summed E-state index contributed by atoms with van der Waals surface area (Å²) in [6, 6.07) is 4.98. The fourth-order valence-corrected chi connectivity index (χ4v) is 3.30. The van der Waals surface area contributed by atoms with Gasteiger partial charge in [-0.05, 0) is 38.0 Å². The number of anilines is 1. The lowest BCUT2D eigenvalue weighted by Crippen LogP contribution is -2.25. The van der Waals surface area contributed by atoms with E-state index in [0.29, 0.717) is 22.8 Å². The number of hydrogen-bond donors (Lipinski definition) is 1. The van der Waals surface area contributed by atoms with Crippen LogP contribution in [0.1, 0.15) is 18.9 Å². The van der Waals surface area contributed by atoms with E-state index in [9.17, 15) is 13.2 Å². The molecule has 0 radical (unpaired) electrons. The molecule has 0 amide bonds. The molecule has 1 aromatic heterocycles. The van der Waals surface area contributed by atoms with Gasteiger partial charge in [0.1, 0.15) is 14.9 Å². The van der Waals surface area contributed by atoms with Gasteiger partial charge in [-0.25, -0.2) is 8.42 Å². The van der Waals surface area contributed by atoms with Gasteiger partial charge in [0.2, 0.25) is 0 Å². The zero-order valence-electron chi connectivity index (χ0n) is 14.1. The number of nitrogens with zero attached hydrogens (tertiary/aromatic N) is 2.